The lowest BCUT2D eigenvalue weighted by atomic mass is 9.96. The zero-order chi connectivity index (χ0) is 17.9. The van der Waals surface area contributed by atoms with Crippen molar-refractivity contribution in [3.05, 3.63) is 29.5 Å². The summed E-state index contributed by atoms with van der Waals surface area (Å²) in [5, 5.41) is 1.14. The minimum absolute atomic E-state index is 0.0312. The third-order valence-electron chi connectivity index (χ3n) is 5.42. The van der Waals surface area contributed by atoms with E-state index in [2.05, 4.69) is 0 Å². The Morgan fingerprint density at radius 2 is 2.15 bits per heavy atom. The minimum Gasteiger partial charge on any atom is -0.484 e. The predicted molar refractivity (Wildman–Crippen MR) is 99.6 cm³/mol. The van der Waals surface area contributed by atoms with Crippen LogP contribution in [-0.4, -0.2) is 43.2 Å². The van der Waals surface area contributed by atoms with Crippen LogP contribution in [-0.2, 0) is 22.4 Å². The van der Waals surface area contributed by atoms with Gasteiger partial charge in [0.2, 0.25) is 0 Å². The summed E-state index contributed by atoms with van der Waals surface area (Å²) in [5.41, 5.74) is 2.24. The van der Waals surface area contributed by atoms with Gasteiger partial charge in [0.05, 0.1) is 6.10 Å². The second-order valence-electron chi connectivity index (χ2n) is 7.22. The molecule has 4 rings (SSSR count). The Hall–Kier alpha value is -2.01. The number of amides is 1. The molecule has 2 aromatic rings. The molecule has 0 saturated carbocycles. The van der Waals surface area contributed by atoms with Gasteiger partial charge in [0, 0.05) is 37.1 Å². The second-order valence-corrected chi connectivity index (χ2v) is 7.22. The minimum atomic E-state index is 0.0312. The third kappa shape index (κ3) is 3.58. The van der Waals surface area contributed by atoms with Crippen molar-refractivity contribution in [2.24, 2.45) is 0 Å². The highest BCUT2D eigenvalue weighted by atomic mass is 16.5. The fourth-order valence-electron chi connectivity index (χ4n) is 4.10. The Labute approximate surface area is 154 Å². The zero-order valence-corrected chi connectivity index (χ0v) is 15.5. The summed E-state index contributed by atoms with van der Waals surface area (Å²) in [4.78, 5) is 14.4. The maximum absolute atomic E-state index is 12.5. The van der Waals surface area contributed by atoms with Crippen molar-refractivity contribution in [1.29, 1.82) is 0 Å². The molecule has 1 atom stereocenters. The van der Waals surface area contributed by atoms with Crippen molar-refractivity contribution in [3.63, 3.8) is 0 Å². The third-order valence-corrected chi connectivity index (χ3v) is 5.42. The molecule has 0 bridgehead atoms. The van der Waals surface area contributed by atoms with Crippen molar-refractivity contribution >= 4 is 16.9 Å². The Morgan fingerprint density at radius 3 is 3.04 bits per heavy atom. The molecular weight excluding hydrogens is 330 g/mol. The van der Waals surface area contributed by atoms with Crippen molar-refractivity contribution < 1.29 is 18.7 Å². The summed E-state index contributed by atoms with van der Waals surface area (Å²) >= 11 is 0. The first kappa shape index (κ1) is 17.4. The van der Waals surface area contributed by atoms with Gasteiger partial charge in [-0.15, -0.1) is 0 Å². The molecule has 0 N–H and O–H groups in total. The molecule has 5 heteroatoms. The van der Waals surface area contributed by atoms with Gasteiger partial charge in [0.25, 0.3) is 5.91 Å². The molecule has 140 valence electrons. The molecule has 0 spiro atoms. The number of carbonyl (C=O) groups is 1. The molecule has 1 fully saturated rings. The Morgan fingerprint density at radius 1 is 1.27 bits per heavy atom. The van der Waals surface area contributed by atoms with Gasteiger partial charge in [0.15, 0.2) is 6.61 Å². The van der Waals surface area contributed by atoms with Crippen LogP contribution in [0.3, 0.4) is 0 Å². The number of benzene rings is 1. The van der Waals surface area contributed by atoms with Crippen molar-refractivity contribution in [3.8, 4) is 5.75 Å². The van der Waals surface area contributed by atoms with Gasteiger partial charge in [0.1, 0.15) is 17.1 Å². The molecule has 0 radical (unpaired) electrons. The number of hydrogen-bond acceptors (Lipinski definition) is 4. The van der Waals surface area contributed by atoms with Crippen LogP contribution in [0.25, 0.3) is 11.0 Å². The van der Waals surface area contributed by atoms with E-state index in [-0.39, 0.29) is 18.6 Å². The summed E-state index contributed by atoms with van der Waals surface area (Å²) in [5.74, 6) is 1.89. The summed E-state index contributed by atoms with van der Waals surface area (Å²) in [7, 11) is 0. The number of aryl methyl sites for hydroxylation is 2. The van der Waals surface area contributed by atoms with Crippen molar-refractivity contribution in [2.75, 3.05) is 26.3 Å². The number of likely N-dealkylation sites (tertiary alicyclic amines) is 1. The van der Waals surface area contributed by atoms with E-state index in [0.29, 0.717) is 13.2 Å². The van der Waals surface area contributed by atoms with E-state index in [1.165, 1.54) is 18.4 Å². The van der Waals surface area contributed by atoms with Gasteiger partial charge in [-0.25, -0.2) is 0 Å². The number of hydrogen-bond donors (Lipinski definition) is 0. The highest BCUT2D eigenvalue weighted by Gasteiger charge is 2.24. The number of rotatable bonds is 5. The molecule has 2 heterocycles. The molecular formula is C21H27NO4. The van der Waals surface area contributed by atoms with E-state index < -0.39 is 0 Å². The first-order valence-corrected chi connectivity index (χ1v) is 9.81. The fraction of sp³-hybridized carbons (Fsp3) is 0.571. The molecule has 1 aromatic heterocycles. The van der Waals surface area contributed by atoms with E-state index in [1.54, 1.807) is 0 Å². The van der Waals surface area contributed by atoms with Gasteiger partial charge < -0.3 is 18.8 Å². The van der Waals surface area contributed by atoms with Gasteiger partial charge in [-0.3, -0.25) is 4.79 Å². The lowest BCUT2D eigenvalue weighted by Gasteiger charge is -2.32. The molecule has 1 aliphatic carbocycles. The predicted octanol–water partition coefficient (Wildman–Crippen LogP) is 3.72. The van der Waals surface area contributed by atoms with Crippen LogP contribution in [0.5, 0.6) is 5.75 Å². The van der Waals surface area contributed by atoms with Gasteiger partial charge in [-0.1, -0.05) is 0 Å². The summed E-state index contributed by atoms with van der Waals surface area (Å²) < 4.78 is 17.4. The molecule has 5 nitrogen and oxygen atoms in total. The number of carbonyl (C=O) groups excluding carboxylic acids is 1. The van der Waals surface area contributed by atoms with Crippen LogP contribution < -0.4 is 4.74 Å². The Kier molecular flexibility index (Phi) is 5.16. The average molecular weight is 357 g/mol. The number of ether oxygens (including phenoxy) is 2. The molecule has 1 saturated heterocycles. The van der Waals surface area contributed by atoms with E-state index in [9.17, 15) is 4.79 Å². The largest absolute Gasteiger partial charge is 0.484 e. The maximum atomic E-state index is 12.5. The van der Waals surface area contributed by atoms with Crippen molar-refractivity contribution in [1.82, 2.24) is 4.90 Å². The van der Waals surface area contributed by atoms with E-state index in [4.69, 9.17) is 13.9 Å². The number of fused-ring (bicyclic) bond motifs is 3. The number of furan rings is 1. The van der Waals surface area contributed by atoms with E-state index in [0.717, 1.165) is 54.7 Å². The fourth-order valence-corrected chi connectivity index (χ4v) is 4.10. The monoisotopic (exact) mass is 357 g/mol. The standard InChI is InChI=1S/C21H27NO4/c1-2-24-16-6-5-11-22(13-16)21(23)14-25-15-9-10-20-18(12-15)17-7-3-4-8-19(17)26-20/h9-10,12,16H,2-8,11,13-14H2,1H3. The highest BCUT2D eigenvalue weighted by Crippen LogP contribution is 2.33. The topological polar surface area (TPSA) is 51.9 Å². The normalized spacial score (nSPS) is 20.2. The zero-order valence-electron chi connectivity index (χ0n) is 15.5. The van der Waals surface area contributed by atoms with Gasteiger partial charge in [-0.05, 0) is 57.2 Å². The number of piperidine rings is 1. The smallest absolute Gasteiger partial charge is 0.260 e. The Bertz CT molecular complexity index is 780. The first-order chi connectivity index (χ1) is 12.7. The van der Waals surface area contributed by atoms with Gasteiger partial charge >= 0.3 is 0 Å². The summed E-state index contributed by atoms with van der Waals surface area (Å²) in [6, 6.07) is 5.87. The summed E-state index contributed by atoms with van der Waals surface area (Å²) in [6.07, 6.45) is 6.67. The van der Waals surface area contributed by atoms with E-state index >= 15 is 0 Å². The molecule has 1 unspecified atom stereocenters. The van der Waals surface area contributed by atoms with Crippen LogP contribution in [0.1, 0.15) is 43.9 Å². The molecule has 26 heavy (non-hydrogen) atoms. The average Bonchev–Trinajstić information content (AvgIpc) is 3.04. The van der Waals surface area contributed by atoms with Crippen LogP contribution >= 0.6 is 0 Å². The van der Waals surface area contributed by atoms with Crippen LogP contribution in [0.15, 0.2) is 22.6 Å². The van der Waals surface area contributed by atoms with Crippen LogP contribution in [0, 0.1) is 0 Å². The first-order valence-electron chi connectivity index (χ1n) is 9.81. The quantitative estimate of drug-likeness (QED) is 0.818. The van der Waals surface area contributed by atoms with Gasteiger partial charge in [-0.2, -0.15) is 0 Å². The molecule has 2 aliphatic rings. The van der Waals surface area contributed by atoms with Crippen molar-refractivity contribution in [2.45, 2.75) is 51.6 Å². The molecule has 1 aliphatic heterocycles. The Balaban J connectivity index is 1.40. The van der Waals surface area contributed by atoms with Crippen LogP contribution in [0.4, 0.5) is 0 Å². The lowest BCUT2D eigenvalue weighted by Crippen LogP contribution is -2.45. The SMILES string of the molecule is CCOC1CCCN(C(=O)COc2ccc3oc4c(c3c2)CCCC4)C1. The lowest BCUT2D eigenvalue weighted by molar-refractivity contribution is -0.137. The highest BCUT2D eigenvalue weighted by molar-refractivity contribution is 5.84. The molecule has 1 aromatic carbocycles. The van der Waals surface area contributed by atoms with E-state index in [1.807, 2.05) is 30.0 Å². The maximum Gasteiger partial charge on any atom is 0.260 e. The number of nitrogens with zero attached hydrogens (tertiary/aromatic N) is 1. The molecule has 1 amide bonds. The van der Waals surface area contributed by atoms with Crippen LogP contribution in [0.2, 0.25) is 0 Å². The second kappa shape index (κ2) is 7.70. The summed E-state index contributed by atoms with van der Waals surface area (Å²) in [6.45, 7) is 4.22.